The molecule has 0 aromatic heterocycles. The van der Waals surface area contributed by atoms with E-state index < -0.39 is 5.67 Å². The average Bonchev–Trinajstić information content (AvgIpc) is 2.10. The molecule has 0 bridgehead atoms. The predicted octanol–water partition coefficient (Wildman–Crippen LogP) is 5.69. The topological polar surface area (TPSA) is 0 Å². The summed E-state index contributed by atoms with van der Waals surface area (Å²) >= 11 is 0. The third-order valence-corrected chi connectivity index (χ3v) is 4.80. The summed E-state index contributed by atoms with van der Waals surface area (Å²) < 4.78 is 15.3. The molecule has 1 atom stereocenters. The number of rotatable bonds is 2. The number of allylic oxidation sites excluding steroid dienone is 1. The van der Waals surface area contributed by atoms with Crippen molar-refractivity contribution >= 4 is 0 Å². The van der Waals surface area contributed by atoms with Gasteiger partial charge in [-0.05, 0) is 43.9 Å². The van der Waals surface area contributed by atoms with Crippen molar-refractivity contribution in [2.24, 2.45) is 16.2 Å². The van der Waals surface area contributed by atoms with Crippen LogP contribution in [0, 0.1) is 16.2 Å². The Morgan fingerprint density at radius 1 is 1.06 bits per heavy atom. The summed E-state index contributed by atoms with van der Waals surface area (Å²) in [5, 5.41) is 0. The first kappa shape index (κ1) is 15.5. The van der Waals surface area contributed by atoms with Crippen molar-refractivity contribution in [3.05, 3.63) is 17.9 Å². The molecular formula is C17H29F. The summed E-state index contributed by atoms with van der Waals surface area (Å²) in [6.07, 6.45) is 2.98. The molecular weight excluding hydrogens is 223 g/mol. The van der Waals surface area contributed by atoms with Gasteiger partial charge in [-0.2, -0.15) is 0 Å². The molecule has 0 heterocycles. The van der Waals surface area contributed by atoms with E-state index in [0.717, 1.165) is 19.3 Å². The minimum absolute atomic E-state index is 0.186. The van der Waals surface area contributed by atoms with E-state index in [4.69, 9.17) is 0 Å². The van der Waals surface area contributed by atoms with Gasteiger partial charge in [0.15, 0.2) is 0 Å². The minimum atomic E-state index is -1.33. The summed E-state index contributed by atoms with van der Waals surface area (Å²) in [6, 6.07) is 0. The Hall–Kier alpha value is -0.550. The quantitative estimate of drug-likeness (QED) is 0.554. The van der Waals surface area contributed by atoms with Crippen LogP contribution in [-0.2, 0) is 0 Å². The summed E-state index contributed by atoms with van der Waals surface area (Å²) in [6.45, 7) is 18.3. The summed E-state index contributed by atoms with van der Waals surface area (Å²) in [5.74, 6) is 0. The third kappa shape index (κ3) is 2.72. The van der Waals surface area contributed by atoms with Gasteiger partial charge in [0, 0.05) is 11.0 Å². The Morgan fingerprint density at radius 3 is 1.78 bits per heavy atom. The first-order valence-electron chi connectivity index (χ1n) is 6.91. The number of hydrogen-bond acceptors (Lipinski definition) is 0. The maximum Gasteiger partial charge on any atom is 0.141 e. The zero-order valence-electron chi connectivity index (χ0n) is 13.2. The van der Waals surface area contributed by atoms with Gasteiger partial charge in [0.2, 0.25) is 0 Å². The fourth-order valence-corrected chi connectivity index (χ4v) is 4.55. The van der Waals surface area contributed by atoms with Crippen molar-refractivity contribution in [2.75, 3.05) is 0 Å². The Balaban J connectivity index is 3.24. The second kappa shape index (κ2) is 4.23. The lowest BCUT2D eigenvalue weighted by Crippen LogP contribution is -2.50. The van der Waals surface area contributed by atoms with Gasteiger partial charge in [-0.15, -0.1) is 5.73 Å². The highest BCUT2D eigenvalue weighted by molar-refractivity contribution is 5.19. The second-order valence-corrected chi connectivity index (χ2v) is 8.22. The van der Waals surface area contributed by atoms with Gasteiger partial charge in [-0.25, -0.2) is 4.39 Å². The SMILES string of the molecule is C=C=C(C)C(C)(F)C1(C)CC(C)(C)CC(C)(C)C1. The van der Waals surface area contributed by atoms with Gasteiger partial charge >= 0.3 is 0 Å². The van der Waals surface area contributed by atoms with E-state index in [9.17, 15) is 0 Å². The largest absolute Gasteiger partial charge is 0.238 e. The van der Waals surface area contributed by atoms with Crippen LogP contribution >= 0.6 is 0 Å². The molecule has 18 heavy (non-hydrogen) atoms. The van der Waals surface area contributed by atoms with Crippen LogP contribution in [0.3, 0.4) is 0 Å². The van der Waals surface area contributed by atoms with Gasteiger partial charge in [-0.1, -0.05) is 41.2 Å². The van der Waals surface area contributed by atoms with Crippen LogP contribution in [0.25, 0.3) is 0 Å². The molecule has 0 aliphatic heterocycles. The van der Waals surface area contributed by atoms with Gasteiger partial charge < -0.3 is 0 Å². The Morgan fingerprint density at radius 2 is 1.44 bits per heavy atom. The normalized spacial score (nSPS) is 28.0. The Bertz CT molecular complexity index is 362. The third-order valence-electron chi connectivity index (χ3n) is 4.80. The Kier molecular flexibility index (Phi) is 3.65. The van der Waals surface area contributed by atoms with Crippen LogP contribution in [0.15, 0.2) is 17.9 Å². The molecule has 0 nitrogen and oxygen atoms in total. The molecule has 1 rings (SSSR count). The molecule has 0 radical (unpaired) electrons. The van der Waals surface area contributed by atoms with E-state index in [-0.39, 0.29) is 16.2 Å². The highest BCUT2D eigenvalue weighted by Crippen LogP contribution is 2.60. The van der Waals surface area contributed by atoms with Crippen LogP contribution in [0.5, 0.6) is 0 Å². The molecule has 1 aliphatic rings. The predicted molar refractivity (Wildman–Crippen MR) is 77.4 cm³/mol. The molecule has 1 fully saturated rings. The molecule has 0 spiro atoms. The van der Waals surface area contributed by atoms with E-state index in [1.807, 2.05) is 6.92 Å². The van der Waals surface area contributed by atoms with Gasteiger partial charge in [0.25, 0.3) is 0 Å². The van der Waals surface area contributed by atoms with E-state index in [1.54, 1.807) is 6.92 Å². The summed E-state index contributed by atoms with van der Waals surface area (Å²) in [4.78, 5) is 0. The highest BCUT2D eigenvalue weighted by atomic mass is 19.1. The fraction of sp³-hybridized carbons (Fsp3) is 0.824. The van der Waals surface area contributed by atoms with Crippen molar-refractivity contribution in [3.8, 4) is 0 Å². The van der Waals surface area contributed by atoms with Crippen molar-refractivity contribution in [3.63, 3.8) is 0 Å². The number of halogens is 1. The molecule has 0 aromatic carbocycles. The van der Waals surface area contributed by atoms with Crippen molar-refractivity contribution in [2.45, 2.75) is 73.4 Å². The van der Waals surface area contributed by atoms with Crippen molar-refractivity contribution < 1.29 is 4.39 Å². The van der Waals surface area contributed by atoms with Crippen LogP contribution in [0.2, 0.25) is 0 Å². The molecule has 1 unspecified atom stereocenters. The lowest BCUT2D eigenvalue weighted by molar-refractivity contribution is -0.0709. The lowest BCUT2D eigenvalue weighted by atomic mass is 9.51. The van der Waals surface area contributed by atoms with Crippen molar-refractivity contribution in [1.29, 1.82) is 0 Å². The first-order chi connectivity index (χ1) is 7.85. The van der Waals surface area contributed by atoms with Gasteiger partial charge in [-0.3, -0.25) is 0 Å². The van der Waals surface area contributed by atoms with Crippen LogP contribution < -0.4 is 0 Å². The smallest absolute Gasteiger partial charge is 0.141 e. The van der Waals surface area contributed by atoms with E-state index in [0.29, 0.717) is 5.57 Å². The highest BCUT2D eigenvalue weighted by Gasteiger charge is 2.54. The first-order valence-corrected chi connectivity index (χ1v) is 6.91. The maximum atomic E-state index is 15.3. The monoisotopic (exact) mass is 252 g/mol. The summed E-state index contributed by atoms with van der Waals surface area (Å²) in [7, 11) is 0. The zero-order valence-corrected chi connectivity index (χ0v) is 13.2. The lowest BCUT2D eigenvalue weighted by Gasteiger charge is -2.55. The van der Waals surface area contributed by atoms with E-state index >= 15 is 4.39 Å². The van der Waals surface area contributed by atoms with E-state index in [1.165, 1.54) is 0 Å². The van der Waals surface area contributed by atoms with Crippen LogP contribution in [0.4, 0.5) is 4.39 Å². The Labute approximate surface area is 112 Å². The molecule has 0 N–H and O–H groups in total. The van der Waals surface area contributed by atoms with Gasteiger partial charge in [0.1, 0.15) is 5.67 Å². The molecule has 1 heteroatoms. The summed E-state index contributed by atoms with van der Waals surface area (Å²) in [5.41, 5.74) is 2.11. The second-order valence-electron chi connectivity index (χ2n) is 8.22. The maximum absolute atomic E-state index is 15.3. The molecule has 1 aliphatic carbocycles. The zero-order chi connectivity index (χ0) is 14.4. The van der Waals surface area contributed by atoms with Gasteiger partial charge in [0.05, 0.1) is 0 Å². The molecule has 1 saturated carbocycles. The number of hydrogen-bond donors (Lipinski definition) is 0. The van der Waals surface area contributed by atoms with Crippen LogP contribution in [-0.4, -0.2) is 5.67 Å². The minimum Gasteiger partial charge on any atom is -0.238 e. The van der Waals surface area contributed by atoms with Crippen molar-refractivity contribution in [1.82, 2.24) is 0 Å². The average molecular weight is 252 g/mol. The molecule has 0 aromatic rings. The number of alkyl halides is 1. The molecule has 0 saturated heterocycles. The molecule has 104 valence electrons. The van der Waals surface area contributed by atoms with Crippen LogP contribution in [0.1, 0.15) is 67.7 Å². The molecule has 0 amide bonds. The standard InChI is InChI=1S/C17H29F/c1-9-13(2)17(8,18)16(7)11-14(3,4)10-15(5,6)12-16/h1,10-12H2,2-8H3. The van der Waals surface area contributed by atoms with E-state index in [2.05, 4.69) is 46.9 Å². The fourth-order valence-electron chi connectivity index (χ4n) is 4.55.